The molecule has 1 amide bonds. The standard InChI is InChI=1S/C13H17BrN2O2/c1-8-13(2,5-6-18-8)16-12(17)9-3-4-11(15)10(14)7-9/h3-4,7-8H,5-6,15H2,1-2H3,(H,16,17). The van der Waals surface area contributed by atoms with Crippen LogP contribution in [0.5, 0.6) is 0 Å². The average molecular weight is 313 g/mol. The molecule has 4 nitrogen and oxygen atoms in total. The van der Waals surface area contributed by atoms with Crippen LogP contribution in [0.1, 0.15) is 30.6 Å². The number of benzene rings is 1. The Labute approximate surface area is 115 Å². The first-order valence-corrected chi connectivity index (χ1v) is 6.71. The molecule has 2 atom stereocenters. The number of carbonyl (C=O) groups excluding carboxylic acids is 1. The van der Waals surface area contributed by atoms with E-state index >= 15 is 0 Å². The maximum Gasteiger partial charge on any atom is 0.251 e. The van der Waals surface area contributed by atoms with Gasteiger partial charge in [0.15, 0.2) is 0 Å². The van der Waals surface area contributed by atoms with Crippen LogP contribution in [0.15, 0.2) is 22.7 Å². The fourth-order valence-electron chi connectivity index (χ4n) is 2.00. The Hall–Kier alpha value is -1.07. The number of hydrogen-bond acceptors (Lipinski definition) is 3. The number of hydrogen-bond donors (Lipinski definition) is 2. The maximum atomic E-state index is 12.2. The van der Waals surface area contributed by atoms with Crippen LogP contribution in [-0.2, 0) is 4.74 Å². The predicted molar refractivity (Wildman–Crippen MR) is 74.5 cm³/mol. The van der Waals surface area contributed by atoms with Crippen LogP contribution >= 0.6 is 15.9 Å². The van der Waals surface area contributed by atoms with Crippen LogP contribution in [0.25, 0.3) is 0 Å². The lowest BCUT2D eigenvalue weighted by Gasteiger charge is -2.28. The number of ether oxygens (including phenoxy) is 1. The van der Waals surface area contributed by atoms with Gasteiger partial charge < -0.3 is 15.8 Å². The first-order chi connectivity index (χ1) is 8.42. The molecule has 0 radical (unpaired) electrons. The molecule has 1 aliphatic rings. The van der Waals surface area contributed by atoms with E-state index in [9.17, 15) is 4.79 Å². The van der Waals surface area contributed by atoms with Gasteiger partial charge in [-0.25, -0.2) is 0 Å². The van der Waals surface area contributed by atoms with Crippen LogP contribution in [0.4, 0.5) is 5.69 Å². The zero-order valence-corrected chi connectivity index (χ0v) is 12.1. The third kappa shape index (κ3) is 2.52. The van der Waals surface area contributed by atoms with Gasteiger partial charge in [-0.1, -0.05) is 0 Å². The van der Waals surface area contributed by atoms with Crippen LogP contribution in [0, 0.1) is 0 Å². The summed E-state index contributed by atoms with van der Waals surface area (Å²) < 4.78 is 6.24. The largest absolute Gasteiger partial charge is 0.398 e. The molecule has 2 unspecified atom stereocenters. The van der Waals surface area contributed by atoms with Gasteiger partial charge in [0.2, 0.25) is 0 Å². The lowest BCUT2D eigenvalue weighted by atomic mass is 9.94. The van der Waals surface area contributed by atoms with Gasteiger partial charge in [-0.05, 0) is 54.4 Å². The molecule has 0 spiro atoms. The van der Waals surface area contributed by atoms with E-state index in [1.54, 1.807) is 18.2 Å². The summed E-state index contributed by atoms with van der Waals surface area (Å²) in [4.78, 5) is 12.2. The number of carbonyl (C=O) groups is 1. The monoisotopic (exact) mass is 312 g/mol. The molecule has 0 aliphatic carbocycles. The highest BCUT2D eigenvalue weighted by Crippen LogP contribution is 2.26. The van der Waals surface area contributed by atoms with Crippen LogP contribution < -0.4 is 11.1 Å². The molecule has 1 saturated heterocycles. The average Bonchev–Trinajstić information content (AvgIpc) is 2.63. The summed E-state index contributed by atoms with van der Waals surface area (Å²) in [6.07, 6.45) is 0.856. The second-order valence-corrected chi connectivity index (χ2v) is 5.73. The molecule has 2 rings (SSSR count). The molecule has 3 N–H and O–H groups in total. The number of amides is 1. The third-order valence-electron chi connectivity index (χ3n) is 3.55. The van der Waals surface area contributed by atoms with Crippen molar-refractivity contribution in [1.29, 1.82) is 0 Å². The lowest BCUT2D eigenvalue weighted by Crippen LogP contribution is -2.50. The maximum absolute atomic E-state index is 12.2. The van der Waals surface area contributed by atoms with Gasteiger partial charge in [-0.15, -0.1) is 0 Å². The van der Waals surface area contributed by atoms with E-state index < -0.39 is 0 Å². The zero-order chi connectivity index (χ0) is 13.3. The van der Waals surface area contributed by atoms with Gasteiger partial charge in [0.25, 0.3) is 5.91 Å². The number of nitrogens with one attached hydrogen (secondary N) is 1. The number of nitrogens with two attached hydrogens (primary N) is 1. The summed E-state index contributed by atoms with van der Waals surface area (Å²) in [5.74, 6) is -0.101. The molecule has 5 heteroatoms. The molecule has 1 heterocycles. The molecule has 18 heavy (non-hydrogen) atoms. The Bertz CT molecular complexity index is 478. The highest BCUT2D eigenvalue weighted by molar-refractivity contribution is 9.10. The first kappa shape index (κ1) is 13.4. The summed E-state index contributed by atoms with van der Waals surface area (Å²) in [5.41, 5.74) is 6.62. The summed E-state index contributed by atoms with van der Waals surface area (Å²) >= 11 is 3.32. The molecule has 98 valence electrons. The van der Waals surface area contributed by atoms with E-state index in [4.69, 9.17) is 10.5 Å². The number of halogens is 1. The van der Waals surface area contributed by atoms with Crippen LogP contribution in [0.3, 0.4) is 0 Å². The van der Waals surface area contributed by atoms with Crippen molar-refractivity contribution < 1.29 is 9.53 Å². The Kier molecular flexibility index (Phi) is 3.64. The highest BCUT2D eigenvalue weighted by Gasteiger charge is 2.38. The van der Waals surface area contributed by atoms with E-state index in [1.807, 2.05) is 13.8 Å². The van der Waals surface area contributed by atoms with Crippen molar-refractivity contribution in [2.24, 2.45) is 0 Å². The fourth-order valence-corrected chi connectivity index (χ4v) is 2.38. The topological polar surface area (TPSA) is 64.3 Å². The van der Waals surface area contributed by atoms with E-state index in [1.165, 1.54) is 0 Å². The molecule has 1 aromatic rings. The molecular weight excluding hydrogens is 296 g/mol. The van der Waals surface area contributed by atoms with Gasteiger partial charge in [0.1, 0.15) is 0 Å². The third-order valence-corrected chi connectivity index (χ3v) is 4.23. The minimum atomic E-state index is -0.301. The number of anilines is 1. The fraction of sp³-hybridized carbons (Fsp3) is 0.462. The van der Waals surface area contributed by atoms with Gasteiger partial charge >= 0.3 is 0 Å². The normalized spacial score (nSPS) is 27.2. The molecule has 0 bridgehead atoms. The molecule has 1 aromatic carbocycles. The van der Waals surface area contributed by atoms with Crippen molar-refractivity contribution in [2.75, 3.05) is 12.3 Å². The van der Waals surface area contributed by atoms with E-state index in [2.05, 4.69) is 21.2 Å². The van der Waals surface area contributed by atoms with Gasteiger partial charge in [0, 0.05) is 22.3 Å². The summed E-state index contributed by atoms with van der Waals surface area (Å²) in [6.45, 7) is 4.67. The van der Waals surface area contributed by atoms with Crippen molar-refractivity contribution in [3.05, 3.63) is 28.2 Å². The first-order valence-electron chi connectivity index (χ1n) is 5.91. The molecule has 1 aliphatic heterocycles. The van der Waals surface area contributed by atoms with E-state index in [0.29, 0.717) is 17.9 Å². The smallest absolute Gasteiger partial charge is 0.251 e. The van der Waals surface area contributed by atoms with Gasteiger partial charge in [-0.3, -0.25) is 4.79 Å². The minimum absolute atomic E-state index is 0.0265. The highest BCUT2D eigenvalue weighted by atomic mass is 79.9. The Morgan fingerprint density at radius 1 is 1.61 bits per heavy atom. The SMILES string of the molecule is CC1OCCC1(C)NC(=O)c1ccc(N)c(Br)c1. The van der Waals surface area contributed by atoms with Crippen molar-refractivity contribution in [1.82, 2.24) is 5.32 Å². The van der Waals surface area contributed by atoms with Crippen molar-refractivity contribution in [3.8, 4) is 0 Å². The molecular formula is C13H17BrN2O2. The van der Waals surface area contributed by atoms with E-state index in [0.717, 1.165) is 10.9 Å². The quantitative estimate of drug-likeness (QED) is 0.824. The molecule has 1 fully saturated rings. The Morgan fingerprint density at radius 2 is 2.33 bits per heavy atom. The molecule has 0 aromatic heterocycles. The lowest BCUT2D eigenvalue weighted by molar-refractivity contribution is 0.0727. The van der Waals surface area contributed by atoms with Crippen molar-refractivity contribution in [3.63, 3.8) is 0 Å². The zero-order valence-electron chi connectivity index (χ0n) is 10.5. The summed E-state index contributed by atoms with van der Waals surface area (Å²) in [6, 6.07) is 5.17. The molecule has 0 saturated carbocycles. The summed E-state index contributed by atoms with van der Waals surface area (Å²) in [5, 5.41) is 3.04. The second kappa shape index (κ2) is 4.90. The van der Waals surface area contributed by atoms with Crippen molar-refractivity contribution >= 4 is 27.5 Å². The van der Waals surface area contributed by atoms with Gasteiger partial charge in [-0.2, -0.15) is 0 Å². The summed E-state index contributed by atoms with van der Waals surface area (Å²) in [7, 11) is 0. The second-order valence-electron chi connectivity index (χ2n) is 4.87. The van der Waals surface area contributed by atoms with Crippen LogP contribution in [-0.4, -0.2) is 24.2 Å². The van der Waals surface area contributed by atoms with E-state index in [-0.39, 0.29) is 17.6 Å². The van der Waals surface area contributed by atoms with Crippen LogP contribution in [0.2, 0.25) is 0 Å². The Morgan fingerprint density at radius 3 is 2.89 bits per heavy atom. The van der Waals surface area contributed by atoms with Gasteiger partial charge in [0.05, 0.1) is 11.6 Å². The van der Waals surface area contributed by atoms with Crippen molar-refractivity contribution in [2.45, 2.75) is 31.9 Å². The Balaban J connectivity index is 2.14. The number of nitrogen functional groups attached to an aromatic ring is 1. The number of rotatable bonds is 2. The minimum Gasteiger partial charge on any atom is -0.398 e. The predicted octanol–water partition coefficient (Wildman–Crippen LogP) is 2.33.